The number of rotatable bonds is 9. The summed E-state index contributed by atoms with van der Waals surface area (Å²) < 4.78 is 15.9. The van der Waals surface area contributed by atoms with E-state index in [9.17, 15) is 4.79 Å². The Balaban J connectivity index is 2.18. The number of ether oxygens (including phenoxy) is 3. The van der Waals surface area contributed by atoms with Gasteiger partial charge in [0.05, 0.1) is 21.3 Å². The van der Waals surface area contributed by atoms with Crippen LogP contribution in [-0.4, -0.2) is 38.8 Å². The number of aromatic nitrogens is 1. The van der Waals surface area contributed by atoms with Crippen LogP contribution in [0.4, 0.5) is 11.4 Å². The lowest BCUT2D eigenvalue weighted by Gasteiger charge is -2.14. The third-order valence-corrected chi connectivity index (χ3v) is 3.77. The lowest BCUT2D eigenvalue weighted by molar-refractivity contribution is 0.102. The predicted molar refractivity (Wildman–Crippen MR) is 102 cm³/mol. The van der Waals surface area contributed by atoms with Gasteiger partial charge in [0.25, 0.3) is 5.91 Å². The van der Waals surface area contributed by atoms with Gasteiger partial charge in [-0.25, -0.2) is 0 Å². The molecule has 7 nitrogen and oxygen atoms in total. The second-order valence-corrected chi connectivity index (χ2v) is 5.58. The van der Waals surface area contributed by atoms with Crippen molar-refractivity contribution in [3.8, 4) is 17.2 Å². The Bertz CT molecular complexity index is 724. The molecule has 0 fully saturated rings. The molecular weight excluding hydrogens is 334 g/mol. The Morgan fingerprint density at radius 3 is 2.31 bits per heavy atom. The SMILES string of the molecule is CCCCNc1ccnc(C(=O)Nc2cc(OC)c(OC)c(OC)c2)c1. The molecule has 1 aromatic heterocycles. The van der Waals surface area contributed by atoms with Crippen molar-refractivity contribution in [2.75, 3.05) is 38.5 Å². The molecule has 0 spiro atoms. The van der Waals surface area contributed by atoms with Crippen LogP contribution in [0.5, 0.6) is 17.2 Å². The fraction of sp³-hybridized carbons (Fsp3) is 0.368. The van der Waals surface area contributed by atoms with E-state index in [2.05, 4.69) is 22.5 Å². The summed E-state index contributed by atoms with van der Waals surface area (Å²) in [4.78, 5) is 16.7. The topological polar surface area (TPSA) is 81.7 Å². The van der Waals surface area contributed by atoms with Gasteiger partial charge in [-0.05, 0) is 18.6 Å². The van der Waals surface area contributed by atoms with E-state index in [0.717, 1.165) is 25.1 Å². The molecule has 0 unspecified atom stereocenters. The average Bonchev–Trinajstić information content (AvgIpc) is 2.67. The summed E-state index contributed by atoms with van der Waals surface area (Å²) in [5.74, 6) is 1.07. The first-order chi connectivity index (χ1) is 12.6. The molecule has 1 amide bonds. The van der Waals surface area contributed by atoms with Crippen LogP contribution in [0.15, 0.2) is 30.5 Å². The largest absolute Gasteiger partial charge is 0.493 e. The van der Waals surface area contributed by atoms with Gasteiger partial charge in [-0.2, -0.15) is 0 Å². The van der Waals surface area contributed by atoms with Gasteiger partial charge in [-0.15, -0.1) is 0 Å². The number of benzene rings is 1. The van der Waals surface area contributed by atoms with Gasteiger partial charge in [0.2, 0.25) is 5.75 Å². The van der Waals surface area contributed by atoms with E-state index in [4.69, 9.17) is 14.2 Å². The van der Waals surface area contributed by atoms with E-state index in [1.807, 2.05) is 6.07 Å². The van der Waals surface area contributed by atoms with Gasteiger partial charge in [0.15, 0.2) is 11.5 Å². The third kappa shape index (κ3) is 4.78. The minimum atomic E-state index is -0.321. The Labute approximate surface area is 153 Å². The molecule has 0 bridgehead atoms. The van der Waals surface area contributed by atoms with Crippen LogP contribution >= 0.6 is 0 Å². The highest BCUT2D eigenvalue weighted by Gasteiger charge is 2.15. The molecule has 7 heteroatoms. The number of carbonyl (C=O) groups is 1. The Hall–Kier alpha value is -2.96. The van der Waals surface area contributed by atoms with Crippen LogP contribution < -0.4 is 24.8 Å². The van der Waals surface area contributed by atoms with Crippen molar-refractivity contribution < 1.29 is 19.0 Å². The van der Waals surface area contributed by atoms with Crippen molar-refractivity contribution in [3.05, 3.63) is 36.2 Å². The number of nitrogens with zero attached hydrogens (tertiary/aromatic N) is 1. The molecule has 26 heavy (non-hydrogen) atoms. The first kappa shape index (κ1) is 19.4. The van der Waals surface area contributed by atoms with E-state index in [-0.39, 0.29) is 5.91 Å². The van der Waals surface area contributed by atoms with Gasteiger partial charge in [0, 0.05) is 36.2 Å². The molecule has 0 aliphatic heterocycles. The van der Waals surface area contributed by atoms with Gasteiger partial charge in [0.1, 0.15) is 5.69 Å². The lowest BCUT2D eigenvalue weighted by atomic mass is 10.2. The zero-order valence-electron chi connectivity index (χ0n) is 15.6. The predicted octanol–water partition coefficient (Wildman–Crippen LogP) is 3.57. The minimum Gasteiger partial charge on any atom is -0.493 e. The number of anilines is 2. The van der Waals surface area contributed by atoms with Crippen LogP contribution in [0.25, 0.3) is 0 Å². The number of pyridine rings is 1. The molecule has 2 aromatic rings. The summed E-state index contributed by atoms with van der Waals surface area (Å²) in [5.41, 5.74) is 1.71. The van der Waals surface area contributed by atoms with Crippen molar-refractivity contribution in [2.24, 2.45) is 0 Å². The van der Waals surface area contributed by atoms with Crippen molar-refractivity contribution in [1.29, 1.82) is 0 Å². The normalized spacial score (nSPS) is 10.2. The van der Waals surface area contributed by atoms with Gasteiger partial charge >= 0.3 is 0 Å². The zero-order chi connectivity index (χ0) is 18.9. The number of nitrogens with one attached hydrogen (secondary N) is 2. The van der Waals surface area contributed by atoms with Gasteiger partial charge in [-0.1, -0.05) is 13.3 Å². The van der Waals surface area contributed by atoms with Crippen molar-refractivity contribution in [1.82, 2.24) is 4.98 Å². The van der Waals surface area contributed by atoms with Crippen LogP contribution in [0.3, 0.4) is 0 Å². The molecule has 0 saturated carbocycles. The summed E-state index contributed by atoms with van der Waals surface area (Å²) in [6, 6.07) is 6.90. The Morgan fingerprint density at radius 1 is 1.04 bits per heavy atom. The van der Waals surface area contributed by atoms with Crippen molar-refractivity contribution in [3.63, 3.8) is 0 Å². The van der Waals surface area contributed by atoms with E-state index in [0.29, 0.717) is 28.6 Å². The molecule has 2 N–H and O–H groups in total. The summed E-state index contributed by atoms with van der Waals surface area (Å²) in [6.07, 6.45) is 3.78. The molecular formula is C19H25N3O4. The molecule has 1 aromatic carbocycles. The first-order valence-corrected chi connectivity index (χ1v) is 8.44. The van der Waals surface area contributed by atoms with E-state index >= 15 is 0 Å². The molecule has 0 radical (unpaired) electrons. The van der Waals surface area contributed by atoms with Gasteiger partial charge < -0.3 is 24.8 Å². The molecule has 0 aliphatic carbocycles. The van der Waals surface area contributed by atoms with Crippen LogP contribution in [0.2, 0.25) is 0 Å². The number of hydrogen-bond donors (Lipinski definition) is 2. The smallest absolute Gasteiger partial charge is 0.274 e. The van der Waals surface area contributed by atoms with Crippen LogP contribution in [-0.2, 0) is 0 Å². The van der Waals surface area contributed by atoms with Crippen LogP contribution in [0, 0.1) is 0 Å². The first-order valence-electron chi connectivity index (χ1n) is 8.44. The summed E-state index contributed by atoms with van der Waals surface area (Å²) in [7, 11) is 4.57. The van der Waals surface area contributed by atoms with Crippen molar-refractivity contribution in [2.45, 2.75) is 19.8 Å². The standard InChI is InChI=1S/C19H25N3O4/c1-5-6-8-20-13-7-9-21-15(10-13)19(23)22-14-11-16(24-2)18(26-4)17(12-14)25-3/h7,9-12H,5-6,8H2,1-4H3,(H,20,21)(H,22,23). The molecule has 1 heterocycles. The molecule has 0 saturated heterocycles. The molecule has 0 aliphatic rings. The van der Waals surface area contributed by atoms with Gasteiger partial charge in [-0.3, -0.25) is 9.78 Å². The monoisotopic (exact) mass is 359 g/mol. The van der Waals surface area contributed by atoms with Crippen LogP contribution in [0.1, 0.15) is 30.3 Å². The summed E-state index contributed by atoms with van der Waals surface area (Å²) in [6.45, 7) is 2.99. The number of hydrogen-bond acceptors (Lipinski definition) is 6. The average molecular weight is 359 g/mol. The minimum absolute atomic E-state index is 0.320. The Morgan fingerprint density at radius 2 is 1.73 bits per heavy atom. The molecule has 0 atom stereocenters. The second-order valence-electron chi connectivity index (χ2n) is 5.58. The fourth-order valence-electron chi connectivity index (χ4n) is 2.42. The van der Waals surface area contributed by atoms with Crippen molar-refractivity contribution >= 4 is 17.3 Å². The highest BCUT2D eigenvalue weighted by atomic mass is 16.5. The molecule has 2 rings (SSSR count). The Kier molecular flexibility index (Phi) is 7.08. The highest BCUT2D eigenvalue weighted by molar-refractivity contribution is 6.03. The maximum atomic E-state index is 12.5. The third-order valence-electron chi connectivity index (χ3n) is 3.77. The maximum absolute atomic E-state index is 12.5. The lowest BCUT2D eigenvalue weighted by Crippen LogP contribution is -2.14. The quantitative estimate of drug-likeness (QED) is 0.666. The van der Waals surface area contributed by atoms with E-state index < -0.39 is 0 Å². The number of carbonyl (C=O) groups excluding carboxylic acids is 1. The van der Waals surface area contributed by atoms with E-state index in [1.165, 1.54) is 21.3 Å². The number of unbranched alkanes of at least 4 members (excludes halogenated alkanes) is 1. The zero-order valence-corrected chi connectivity index (χ0v) is 15.6. The maximum Gasteiger partial charge on any atom is 0.274 e. The summed E-state index contributed by atoms with van der Waals surface area (Å²) in [5, 5.41) is 6.09. The second kappa shape index (κ2) is 9.50. The molecule has 140 valence electrons. The van der Waals surface area contributed by atoms with E-state index in [1.54, 1.807) is 24.4 Å². The summed E-state index contributed by atoms with van der Waals surface area (Å²) >= 11 is 0. The highest BCUT2D eigenvalue weighted by Crippen LogP contribution is 2.40. The fourth-order valence-corrected chi connectivity index (χ4v) is 2.42. The number of amides is 1. The number of methoxy groups -OCH3 is 3.